The lowest BCUT2D eigenvalue weighted by molar-refractivity contribution is -0.461. The van der Waals surface area contributed by atoms with Gasteiger partial charge in [-0.3, -0.25) is 5.32 Å². The smallest absolute Gasteiger partial charge is 0.460 e. The molecule has 0 aliphatic heterocycles. The first-order valence-electron chi connectivity index (χ1n) is 21.1. The lowest BCUT2D eigenvalue weighted by Gasteiger charge is -2.44. The third-order valence-electron chi connectivity index (χ3n) is 11.1. The maximum absolute atomic E-state index is 15.1. The van der Waals surface area contributed by atoms with E-state index in [1.807, 2.05) is 0 Å². The monoisotopic (exact) mass is 1060 g/mol. The van der Waals surface area contributed by atoms with Crippen LogP contribution in [0.15, 0.2) is 72.8 Å². The highest BCUT2D eigenvalue weighted by molar-refractivity contribution is 6.76. The van der Waals surface area contributed by atoms with Crippen LogP contribution in [0.3, 0.4) is 0 Å². The van der Waals surface area contributed by atoms with Crippen molar-refractivity contribution in [2.75, 3.05) is 32.2 Å². The molecule has 0 saturated heterocycles. The second kappa shape index (κ2) is 23.6. The lowest BCUT2D eigenvalue weighted by atomic mass is 9.88. The van der Waals surface area contributed by atoms with E-state index in [-0.39, 0.29) is 18.3 Å². The zero-order valence-corrected chi connectivity index (χ0v) is 39.5. The highest BCUT2D eigenvalue weighted by Gasteiger charge is 2.95. The highest BCUT2D eigenvalue weighted by Crippen LogP contribution is 2.64. The van der Waals surface area contributed by atoms with Crippen molar-refractivity contribution in [3.05, 3.63) is 78.4 Å². The van der Waals surface area contributed by atoms with E-state index in [9.17, 15) is 75.4 Å². The van der Waals surface area contributed by atoms with Gasteiger partial charge in [0.15, 0.2) is 8.32 Å². The average molecular weight is 1060 g/mol. The van der Waals surface area contributed by atoms with Crippen LogP contribution in [0.5, 0.6) is 11.5 Å². The fraction of sp³-hybridized carbons (Fsp3) is 0.591. The van der Waals surface area contributed by atoms with Crippen molar-refractivity contribution < 1.29 is 108 Å². The van der Waals surface area contributed by atoms with Crippen LogP contribution in [0.4, 0.5) is 85.1 Å². The molecule has 0 spiro atoms. The van der Waals surface area contributed by atoms with E-state index in [1.54, 1.807) is 50.3 Å². The van der Waals surface area contributed by atoms with E-state index in [2.05, 4.69) is 5.32 Å². The van der Waals surface area contributed by atoms with Gasteiger partial charge in [-0.15, -0.1) is 0 Å². The number of rotatable bonds is 27. The van der Waals surface area contributed by atoms with Crippen molar-refractivity contribution in [2.24, 2.45) is 5.92 Å². The molecule has 1 amide bonds. The Kier molecular flexibility index (Phi) is 20.7. The number of benzene rings is 2. The lowest BCUT2D eigenvalue weighted by Crippen LogP contribution is -2.74. The van der Waals surface area contributed by atoms with Crippen LogP contribution in [-0.4, -0.2) is 94.9 Å². The van der Waals surface area contributed by atoms with Crippen LogP contribution in [0, 0.1) is 5.92 Å². The van der Waals surface area contributed by atoms with Crippen molar-refractivity contribution in [2.45, 2.75) is 132 Å². The SMILES string of the molecule is CCOC(=O)/C=C/C=C/CC[C@@H](C)[C@H](OC(=O)Nc1ccc(OC)cc1)c1ccc(OCCO[Si](CCC(F)(F)C(F)(F)C(F)(F)C(F)(F)C(F)(F)C(F)(F)C(F)(F)C(F)(F)F)(C(C)C)C(C)C)cc1. The number of alkyl halides is 17. The average Bonchev–Trinajstić information content (AvgIpc) is 3.26. The molecule has 0 aromatic heterocycles. The first-order valence-corrected chi connectivity index (χ1v) is 23.4. The second-order valence-corrected chi connectivity index (χ2v) is 21.5. The molecular weight excluding hydrogens is 1010 g/mol. The summed E-state index contributed by atoms with van der Waals surface area (Å²) >= 11 is 0. The molecule has 2 atom stereocenters. The number of ether oxygens (including phenoxy) is 4. The topological polar surface area (TPSA) is 92.3 Å². The third-order valence-corrected chi connectivity index (χ3v) is 16.8. The summed E-state index contributed by atoms with van der Waals surface area (Å²) in [4.78, 5) is 24.6. The van der Waals surface area contributed by atoms with Gasteiger partial charge in [-0.25, -0.2) is 9.59 Å². The number of anilines is 1. The van der Waals surface area contributed by atoms with E-state index in [4.69, 9.17) is 23.4 Å². The zero-order valence-electron chi connectivity index (χ0n) is 38.5. The van der Waals surface area contributed by atoms with Crippen LogP contribution < -0.4 is 14.8 Å². The molecular formula is C44H52F17NO7Si. The van der Waals surface area contributed by atoms with E-state index >= 15 is 8.78 Å². The minimum Gasteiger partial charge on any atom is -0.497 e. The summed E-state index contributed by atoms with van der Waals surface area (Å²) in [7, 11) is -2.56. The number of allylic oxidation sites excluding steroid dienone is 3. The summed E-state index contributed by atoms with van der Waals surface area (Å²) in [6.45, 7) is 8.02. The van der Waals surface area contributed by atoms with E-state index in [1.165, 1.54) is 71.2 Å². The van der Waals surface area contributed by atoms with Gasteiger partial charge in [-0.2, -0.15) is 74.6 Å². The van der Waals surface area contributed by atoms with Crippen molar-refractivity contribution >= 4 is 26.1 Å². The Hall–Kier alpha value is -4.75. The molecule has 2 aromatic rings. The minimum atomic E-state index is -8.70. The van der Waals surface area contributed by atoms with E-state index in [0.29, 0.717) is 29.8 Å². The van der Waals surface area contributed by atoms with Gasteiger partial charge < -0.3 is 23.4 Å². The van der Waals surface area contributed by atoms with Gasteiger partial charge in [0.25, 0.3) is 0 Å². The predicted molar refractivity (Wildman–Crippen MR) is 223 cm³/mol. The molecule has 398 valence electrons. The molecule has 0 unspecified atom stereocenters. The molecule has 0 heterocycles. The van der Waals surface area contributed by atoms with Gasteiger partial charge in [-0.1, -0.05) is 65.0 Å². The van der Waals surface area contributed by atoms with Crippen LogP contribution >= 0.6 is 0 Å². The van der Waals surface area contributed by atoms with Crippen LogP contribution in [0.2, 0.25) is 17.1 Å². The molecule has 2 aromatic carbocycles. The molecule has 0 radical (unpaired) electrons. The Bertz CT molecular complexity index is 2040. The molecule has 70 heavy (non-hydrogen) atoms. The number of amides is 1. The quantitative estimate of drug-likeness (QED) is 0.0238. The summed E-state index contributed by atoms with van der Waals surface area (Å²) in [6.07, 6.45) is -5.00. The Morgan fingerprint density at radius 2 is 1.16 bits per heavy atom. The van der Waals surface area contributed by atoms with Crippen LogP contribution in [-0.2, 0) is 18.7 Å². The molecule has 0 aliphatic rings. The molecule has 8 nitrogen and oxygen atoms in total. The van der Waals surface area contributed by atoms with Gasteiger partial charge in [-0.05, 0) is 84.8 Å². The van der Waals surface area contributed by atoms with Crippen LogP contribution in [0.1, 0.15) is 72.5 Å². The second-order valence-electron chi connectivity index (χ2n) is 16.5. The summed E-state index contributed by atoms with van der Waals surface area (Å²) < 4.78 is 264. The third kappa shape index (κ3) is 13.4. The number of carbonyl (C=O) groups excluding carboxylic acids is 2. The van der Waals surface area contributed by atoms with E-state index < -0.39 is 111 Å². The Morgan fingerprint density at radius 1 is 0.657 bits per heavy atom. The largest absolute Gasteiger partial charge is 0.497 e. The number of halogens is 17. The Morgan fingerprint density at radius 3 is 1.64 bits per heavy atom. The molecule has 0 saturated carbocycles. The molecule has 2 rings (SSSR count). The fourth-order valence-corrected chi connectivity index (χ4v) is 11.4. The summed E-state index contributed by atoms with van der Waals surface area (Å²) in [5, 5.41) is 2.62. The van der Waals surface area contributed by atoms with Crippen molar-refractivity contribution in [3.8, 4) is 11.5 Å². The zero-order chi connectivity index (χ0) is 54.0. The standard InChI is InChI=1S/C44H52F17NO7Si/c1-8-66-34(63)14-12-10-9-11-13-29(6)35(69-36(64)62-31-17-21-32(65-7)22-18-31)30-15-19-33(20-16-30)67-24-25-68-70(27(2)3,28(4)5)26-23-37(45,46)38(47,48)39(49,50)40(51,52)41(53,54)42(55,56)43(57,58)44(59,60)61/h9-10,12,14-22,27-29,35H,8,11,13,23-26H2,1-7H3,(H,62,64)/b10-9+,14-12+/t29-,35+/m1/s1. The first-order chi connectivity index (χ1) is 32.0. The van der Waals surface area contributed by atoms with Gasteiger partial charge in [0, 0.05) is 18.2 Å². The number of hydrogen-bond donors (Lipinski definition) is 1. The van der Waals surface area contributed by atoms with Gasteiger partial charge >= 0.3 is 59.7 Å². The number of esters is 1. The molecule has 0 aliphatic carbocycles. The molecule has 0 bridgehead atoms. The molecule has 26 heteroatoms. The summed E-state index contributed by atoms with van der Waals surface area (Å²) in [5.41, 5.74) is -0.906. The normalized spacial score (nSPS) is 14.9. The number of carbonyl (C=O) groups is 2. The molecule has 1 N–H and O–H groups in total. The van der Waals surface area contributed by atoms with Gasteiger partial charge in [0.1, 0.15) is 24.2 Å². The number of methoxy groups -OCH3 is 1. The Labute approximate surface area is 393 Å². The maximum Gasteiger partial charge on any atom is 0.460 e. The minimum absolute atomic E-state index is 0.142. The van der Waals surface area contributed by atoms with Gasteiger partial charge in [0.05, 0.1) is 20.3 Å². The number of hydrogen-bond acceptors (Lipinski definition) is 7. The first kappa shape index (κ1) is 61.4. The van der Waals surface area contributed by atoms with Crippen LogP contribution in [0.25, 0.3) is 0 Å². The number of nitrogens with one attached hydrogen (secondary N) is 1. The van der Waals surface area contributed by atoms with Crippen molar-refractivity contribution in [1.82, 2.24) is 0 Å². The van der Waals surface area contributed by atoms with Crippen molar-refractivity contribution in [1.29, 1.82) is 0 Å². The molecule has 0 fully saturated rings. The summed E-state index contributed by atoms with van der Waals surface area (Å²) in [6, 6.07) is 11.0. The van der Waals surface area contributed by atoms with E-state index in [0.717, 1.165) is 0 Å². The maximum atomic E-state index is 15.1. The summed E-state index contributed by atoms with van der Waals surface area (Å²) in [5.74, 6) is -57.0. The Balaban J connectivity index is 2.29. The highest BCUT2D eigenvalue weighted by atomic mass is 28.4. The predicted octanol–water partition coefficient (Wildman–Crippen LogP) is 14.6. The van der Waals surface area contributed by atoms with Crippen molar-refractivity contribution in [3.63, 3.8) is 0 Å². The fourth-order valence-electron chi connectivity index (χ4n) is 6.96. The van der Waals surface area contributed by atoms with Gasteiger partial charge in [0.2, 0.25) is 0 Å².